The van der Waals surface area contributed by atoms with Crippen molar-refractivity contribution in [3.8, 4) is 0 Å². The van der Waals surface area contributed by atoms with Gasteiger partial charge in [0.2, 0.25) is 0 Å². The molecule has 0 bridgehead atoms. The van der Waals surface area contributed by atoms with Gasteiger partial charge in [0.05, 0.1) is 0 Å². The Hall–Kier alpha value is -1.89. The van der Waals surface area contributed by atoms with Gasteiger partial charge in [-0.3, -0.25) is 4.79 Å². The zero-order chi connectivity index (χ0) is 11.7. The third-order valence-electron chi connectivity index (χ3n) is 2.92. The molecule has 0 atom stereocenters. The van der Waals surface area contributed by atoms with Crippen molar-refractivity contribution < 1.29 is 4.79 Å². The number of carbonyl (C=O) groups excluding carboxylic acids is 1. The van der Waals surface area contributed by atoms with Gasteiger partial charge in [0.15, 0.2) is 5.78 Å². The van der Waals surface area contributed by atoms with Crippen LogP contribution in [0.5, 0.6) is 0 Å². The summed E-state index contributed by atoms with van der Waals surface area (Å²) in [5.41, 5.74) is 2.86. The van der Waals surface area contributed by atoms with Crippen LogP contribution in [0.2, 0.25) is 0 Å². The van der Waals surface area contributed by atoms with E-state index in [0.29, 0.717) is 0 Å². The van der Waals surface area contributed by atoms with Gasteiger partial charge >= 0.3 is 0 Å². The Kier molecular flexibility index (Phi) is 2.61. The number of hydrogen-bond donors (Lipinski definition) is 0. The molecule has 16 heavy (non-hydrogen) atoms. The topological polar surface area (TPSA) is 17.1 Å². The summed E-state index contributed by atoms with van der Waals surface area (Å²) in [6.45, 7) is 7.37. The second kappa shape index (κ2) is 3.93. The molecule has 0 saturated carbocycles. The van der Waals surface area contributed by atoms with Gasteiger partial charge in [-0.1, -0.05) is 36.9 Å². The van der Waals surface area contributed by atoms with Crippen molar-refractivity contribution in [2.24, 2.45) is 0 Å². The molecular formula is C15H14O. The van der Waals surface area contributed by atoms with Gasteiger partial charge in [-0.25, -0.2) is 0 Å². The lowest BCUT2D eigenvalue weighted by Gasteiger charge is -2.10. The Balaban J connectivity index is 2.96. The fraction of sp³-hybridized carbons (Fsp3) is 0.133. The number of fused-ring (bicyclic) bond motifs is 1. The van der Waals surface area contributed by atoms with E-state index < -0.39 is 0 Å². The summed E-state index contributed by atoms with van der Waals surface area (Å²) >= 11 is 0. The molecule has 0 unspecified atom stereocenters. The Morgan fingerprint density at radius 3 is 2.62 bits per heavy atom. The van der Waals surface area contributed by atoms with Crippen LogP contribution in [0.15, 0.2) is 36.9 Å². The molecule has 1 nitrogen and oxygen atoms in total. The van der Waals surface area contributed by atoms with E-state index in [2.05, 4.69) is 12.6 Å². The minimum atomic E-state index is 0.109. The monoisotopic (exact) mass is 210 g/mol. The predicted octanol–water partition coefficient (Wildman–Crippen LogP) is 3.99. The maximum absolute atomic E-state index is 11.7. The Bertz CT molecular complexity index is 579. The van der Waals surface area contributed by atoms with Crippen LogP contribution in [0.3, 0.4) is 0 Å². The lowest BCUT2D eigenvalue weighted by molar-refractivity contribution is 0.101. The molecule has 1 heteroatoms. The van der Waals surface area contributed by atoms with Crippen molar-refractivity contribution in [3.63, 3.8) is 0 Å². The van der Waals surface area contributed by atoms with Crippen LogP contribution >= 0.6 is 0 Å². The van der Waals surface area contributed by atoms with E-state index in [4.69, 9.17) is 0 Å². The Labute approximate surface area is 95.4 Å². The van der Waals surface area contributed by atoms with Crippen molar-refractivity contribution in [1.82, 2.24) is 0 Å². The van der Waals surface area contributed by atoms with Crippen molar-refractivity contribution in [2.45, 2.75) is 13.8 Å². The Morgan fingerprint density at radius 2 is 2.00 bits per heavy atom. The van der Waals surface area contributed by atoms with Crippen LogP contribution in [-0.2, 0) is 0 Å². The highest BCUT2D eigenvalue weighted by Gasteiger charge is 2.11. The SMILES string of the molecule is C=Cc1cc2ccccc2c(C(C)=O)c1C. The first-order valence-corrected chi connectivity index (χ1v) is 5.31. The number of rotatable bonds is 2. The molecule has 0 aliphatic carbocycles. The summed E-state index contributed by atoms with van der Waals surface area (Å²) < 4.78 is 0. The first-order chi connectivity index (χ1) is 7.65. The first kappa shape index (κ1) is 10.6. The van der Waals surface area contributed by atoms with Gasteiger partial charge < -0.3 is 0 Å². The molecule has 2 aromatic rings. The van der Waals surface area contributed by atoms with Crippen LogP contribution in [0, 0.1) is 6.92 Å². The quantitative estimate of drug-likeness (QED) is 0.685. The molecule has 0 radical (unpaired) electrons. The van der Waals surface area contributed by atoms with E-state index in [1.165, 1.54) is 0 Å². The van der Waals surface area contributed by atoms with Crippen LogP contribution in [-0.4, -0.2) is 5.78 Å². The highest BCUT2D eigenvalue weighted by molar-refractivity contribution is 6.09. The fourth-order valence-electron chi connectivity index (χ4n) is 2.14. The molecule has 0 aliphatic rings. The highest BCUT2D eigenvalue weighted by Crippen LogP contribution is 2.26. The minimum absolute atomic E-state index is 0.109. The molecule has 2 rings (SSSR count). The van der Waals surface area contributed by atoms with E-state index in [9.17, 15) is 4.79 Å². The summed E-state index contributed by atoms with van der Waals surface area (Å²) in [5.74, 6) is 0.109. The lowest BCUT2D eigenvalue weighted by atomic mass is 9.93. The van der Waals surface area contributed by atoms with Gasteiger partial charge in [-0.05, 0) is 41.8 Å². The number of carbonyl (C=O) groups is 1. The minimum Gasteiger partial charge on any atom is -0.294 e. The second-order valence-corrected chi connectivity index (χ2v) is 3.95. The number of benzene rings is 2. The van der Waals surface area contributed by atoms with Gasteiger partial charge in [0, 0.05) is 5.56 Å². The molecule has 0 spiro atoms. The predicted molar refractivity (Wildman–Crippen MR) is 68.8 cm³/mol. The third-order valence-corrected chi connectivity index (χ3v) is 2.92. The van der Waals surface area contributed by atoms with Crippen LogP contribution in [0.1, 0.15) is 28.4 Å². The summed E-state index contributed by atoms with van der Waals surface area (Å²) in [5, 5.41) is 2.12. The summed E-state index contributed by atoms with van der Waals surface area (Å²) in [6, 6.07) is 10.0. The van der Waals surface area contributed by atoms with E-state index >= 15 is 0 Å². The molecule has 0 saturated heterocycles. The summed E-state index contributed by atoms with van der Waals surface area (Å²) in [6.07, 6.45) is 1.80. The zero-order valence-electron chi connectivity index (χ0n) is 9.58. The normalized spacial score (nSPS) is 10.4. The first-order valence-electron chi connectivity index (χ1n) is 5.31. The summed E-state index contributed by atoms with van der Waals surface area (Å²) in [7, 11) is 0. The van der Waals surface area contributed by atoms with Gasteiger partial charge in [-0.15, -0.1) is 0 Å². The molecule has 0 N–H and O–H groups in total. The van der Waals surface area contributed by atoms with Crippen LogP contribution in [0.4, 0.5) is 0 Å². The van der Waals surface area contributed by atoms with Crippen molar-refractivity contribution in [1.29, 1.82) is 0 Å². The van der Waals surface area contributed by atoms with E-state index in [1.807, 2.05) is 31.2 Å². The molecule has 0 aliphatic heterocycles. The van der Waals surface area contributed by atoms with Gasteiger partial charge in [-0.2, -0.15) is 0 Å². The lowest BCUT2D eigenvalue weighted by Crippen LogP contribution is -1.99. The molecular weight excluding hydrogens is 196 g/mol. The molecule has 0 heterocycles. The Morgan fingerprint density at radius 1 is 1.31 bits per heavy atom. The maximum Gasteiger partial charge on any atom is 0.160 e. The third kappa shape index (κ3) is 1.54. The van der Waals surface area contributed by atoms with E-state index in [1.54, 1.807) is 13.0 Å². The van der Waals surface area contributed by atoms with E-state index in [0.717, 1.165) is 27.5 Å². The molecule has 2 aromatic carbocycles. The molecule has 80 valence electrons. The van der Waals surface area contributed by atoms with Crippen LogP contribution < -0.4 is 0 Å². The van der Waals surface area contributed by atoms with Crippen molar-refractivity contribution in [3.05, 3.63) is 53.6 Å². The van der Waals surface area contributed by atoms with E-state index in [-0.39, 0.29) is 5.78 Å². The fourth-order valence-corrected chi connectivity index (χ4v) is 2.14. The van der Waals surface area contributed by atoms with Crippen LogP contribution in [0.25, 0.3) is 16.8 Å². The number of ketones is 1. The van der Waals surface area contributed by atoms with Gasteiger partial charge in [0.25, 0.3) is 0 Å². The van der Waals surface area contributed by atoms with Gasteiger partial charge in [0.1, 0.15) is 0 Å². The largest absolute Gasteiger partial charge is 0.294 e. The zero-order valence-corrected chi connectivity index (χ0v) is 9.58. The second-order valence-electron chi connectivity index (χ2n) is 3.95. The smallest absolute Gasteiger partial charge is 0.160 e. The van der Waals surface area contributed by atoms with Crippen molar-refractivity contribution >= 4 is 22.6 Å². The molecule has 0 amide bonds. The number of hydrogen-bond acceptors (Lipinski definition) is 1. The summed E-state index contributed by atoms with van der Waals surface area (Å²) in [4.78, 5) is 11.7. The maximum atomic E-state index is 11.7. The molecule has 0 fully saturated rings. The average Bonchev–Trinajstić information content (AvgIpc) is 2.27. The average molecular weight is 210 g/mol. The number of Topliss-reactive ketones (excluding diaryl/α,β-unsaturated/α-hetero) is 1. The highest BCUT2D eigenvalue weighted by atomic mass is 16.1. The standard InChI is InChI=1S/C15H14O/c1-4-12-9-13-7-5-6-8-14(13)15(10(12)2)11(3)16/h4-9H,1H2,2-3H3. The van der Waals surface area contributed by atoms with Crippen molar-refractivity contribution in [2.75, 3.05) is 0 Å². The molecule has 0 aromatic heterocycles.